The van der Waals surface area contributed by atoms with Gasteiger partial charge in [-0.25, -0.2) is 4.68 Å². The minimum Gasteiger partial charge on any atom is -0.382 e. The van der Waals surface area contributed by atoms with Crippen LogP contribution < -0.4 is 5.32 Å². The van der Waals surface area contributed by atoms with Crippen LogP contribution in [-0.2, 0) is 0 Å². The lowest BCUT2D eigenvalue weighted by Gasteiger charge is -2.30. The van der Waals surface area contributed by atoms with Gasteiger partial charge >= 0.3 is 0 Å². The Morgan fingerprint density at radius 3 is 2.79 bits per heavy atom. The first-order valence-corrected chi connectivity index (χ1v) is 6.86. The summed E-state index contributed by atoms with van der Waals surface area (Å²) in [6.07, 6.45) is 6.19. The van der Waals surface area contributed by atoms with Gasteiger partial charge in [-0.15, -0.1) is 0 Å². The van der Waals surface area contributed by atoms with Crippen molar-refractivity contribution in [3.63, 3.8) is 0 Å². The highest BCUT2D eigenvalue weighted by Crippen LogP contribution is 2.18. The molecule has 4 heteroatoms. The van der Waals surface area contributed by atoms with Crippen LogP contribution >= 0.6 is 0 Å². The van der Waals surface area contributed by atoms with Crippen LogP contribution in [0.15, 0.2) is 42.7 Å². The predicted molar refractivity (Wildman–Crippen MR) is 77.7 cm³/mol. The highest BCUT2D eigenvalue weighted by molar-refractivity contribution is 5.51. The summed E-state index contributed by atoms with van der Waals surface area (Å²) in [6, 6.07) is 11.0. The van der Waals surface area contributed by atoms with Crippen molar-refractivity contribution in [3.05, 3.63) is 42.7 Å². The van der Waals surface area contributed by atoms with Gasteiger partial charge in [-0.05, 0) is 57.2 Å². The Bertz CT molecular complexity index is 513. The molecule has 1 aliphatic heterocycles. The van der Waals surface area contributed by atoms with Crippen molar-refractivity contribution >= 4 is 5.69 Å². The molecule has 0 aliphatic carbocycles. The molecule has 1 N–H and O–H groups in total. The van der Waals surface area contributed by atoms with E-state index in [-0.39, 0.29) is 0 Å². The van der Waals surface area contributed by atoms with E-state index in [1.807, 2.05) is 16.9 Å². The molecular weight excluding hydrogens is 236 g/mol. The van der Waals surface area contributed by atoms with Gasteiger partial charge in [0.15, 0.2) is 0 Å². The maximum Gasteiger partial charge on any atom is 0.0666 e. The summed E-state index contributed by atoms with van der Waals surface area (Å²) in [7, 11) is 2.19. The minimum absolute atomic E-state index is 0.587. The third-order valence-electron chi connectivity index (χ3n) is 3.70. The van der Waals surface area contributed by atoms with Crippen molar-refractivity contribution < 1.29 is 0 Å². The van der Waals surface area contributed by atoms with Gasteiger partial charge in [0, 0.05) is 24.1 Å². The first kappa shape index (κ1) is 12.2. The van der Waals surface area contributed by atoms with Gasteiger partial charge in [-0.3, -0.25) is 0 Å². The molecule has 1 aliphatic rings. The van der Waals surface area contributed by atoms with E-state index in [1.54, 1.807) is 6.20 Å². The second kappa shape index (κ2) is 5.45. The Kier molecular flexibility index (Phi) is 3.51. The number of rotatable bonds is 3. The Labute approximate surface area is 114 Å². The lowest BCUT2D eigenvalue weighted by Crippen LogP contribution is -2.36. The molecule has 100 valence electrons. The number of hydrogen-bond donors (Lipinski definition) is 1. The van der Waals surface area contributed by atoms with E-state index in [9.17, 15) is 0 Å². The number of anilines is 1. The van der Waals surface area contributed by atoms with Crippen LogP contribution in [0, 0.1) is 0 Å². The van der Waals surface area contributed by atoms with Crippen molar-refractivity contribution in [2.24, 2.45) is 0 Å². The lowest BCUT2D eigenvalue weighted by atomic mass is 10.1. The van der Waals surface area contributed by atoms with Crippen LogP contribution in [-0.4, -0.2) is 40.9 Å². The van der Waals surface area contributed by atoms with Crippen molar-refractivity contribution in [3.8, 4) is 5.69 Å². The number of likely N-dealkylation sites (tertiary alicyclic amines) is 1. The SMILES string of the molecule is CN1CCC(Nc2cccc(-n3cccn3)c2)CC1. The van der Waals surface area contributed by atoms with Gasteiger partial charge < -0.3 is 10.2 Å². The molecule has 0 spiro atoms. The smallest absolute Gasteiger partial charge is 0.0666 e. The topological polar surface area (TPSA) is 33.1 Å². The van der Waals surface area contributed by atoms with Gasteiger partial charge in [-0.1, -0.05) is 6.07 Å². The van der Waals surface area contributed by atoms with Crippen LogP contribution in [0.5, 0.6) is 0 Å². The van der Waals surface area contributed by atoms with Crippen molar-refractivity contribution in [1.29, 1.82) is 0 Å². The van der Waals surface area contributed by atoms with Crippen LogP contribution in [0.3, 0.4) is 0 Å². The summed E-state index contributed by atoms with van der Waals surface area (Å²) >= 11 is 0. The van der Waals surface area contributed by atoms with E-state index in [2.05, 4.69) is 46.6 Å². The molecular formula is C15H20N4. The average molecular weight is 256 g/mol. The number of piperidine rings is 1. The summed E-state index contributed by atoms with van der Waals surface area (Å²) in [5.74, 6) is 0. The molecule has 4 nitrogen and oxygen atoms in total. The predicted octanol–water partition coefficient (Wildman–Crippen LogP) is 2.38. The summed E-state index contributed by atoms with van der Waals surface area (Å²) in [5.41, 5.74) is 2.28. The van der Waals surface area contributed by atoms with Crippen molar-refractivity contribution in [2.45, 2.75) is 18.9 Å². The number of nitrogens with one attached hydrogen (secondary N) is 1. The van der Waals surface area contributed by atoms with Gasteiger partial charge in [0.25, 0.3) is 0 Å². The largest absolute Gasteiger partial charge is 0.382 e. The van der Waals surface area contributed by atoms with Crippen LogP contribution in [0.25, 0.3) is 5.69 Å². The zero-order valence-corrected chi connectivity index (χ0v) is 11.3. The second-order valence-electron chi connectivity index (χ2n) is 5.22. The molecule has 0 atom stereocenters. The molecule has 3 rings (SSSR count). The maximum atomic E-state index is 4.27. The molecule has 0 saturated carbocycles. The zero-order chi connectivity index (χ0) is 13.1. The van der Waals surface area contributed by atoms with Crippen LogP contribution in [0.2, 0.25) is 0 Å². The fourth-order valence-electron chi connectivity index (χ4n) is 2.55. The monoisotopic (exact) mass is 256 g/mol. The van der Waals surface area contributed by atoms with Gasteiger partial charge in [0.1, 0.15) is 0 Å². The van der Waals surface area contributed by atoms with Gasteiger partial charge in [0.2, 0.25) is 0 Å². The number of benzene rings is 1. The Morgan fingerprint density at radius 1 is 1.21 bits per heavy atom. The quantitative estimate of drug-likeness (QED) is 0.915. The molecule has 1 fully saturated rings. The van der Waals surface area contributed by atoms with Crippen LogP contribution in [0.4, 0.5) is 5.69 Å². The Hall–Kier alpha value is -1.81. The highest BCUT2D eigenvalue weighted by atomic mass is 15.3. The molecule has 1 aromatic heterocycles. The van der Waals surface area contributed by atoms with E-state index >= 15 is 0 Å². The molecule has 1 aromatic carbocycles. The second-order valence-corrected chi connectivity index (χ2v) is 5.22. The molecule has 2 aromatic rings. The minimum atomic E-state index is 0.587. The molecule has 0 amide bonds. The van der Waals surface area contributed by atoms with Gasteiger partial charge in [-0.2, -0.15) is 5.10 Å². The summed E-state index contributed by atoms with van der Waals surface area (Å²) in [5, 5.41) is 7.90. The van der Waals surface area contributed by atoms with Crippen molar-refractivity contribution in [2.75, 3.05) is 25.5 Å². The zero-order valence-electron chi connectivity index (χ0n) is 11.3. The molecule has 0 unspecified atom stereocenters. The molecule has 0 radical (unpaired) electrons. The lowest BCUT2D eigenvalue weighted by molar-refractivity contribution is 0.264. The van der Waals surface area contributed by atoms with E-state index in [1.165, 1.54) is 31.6 Å². The van der Waals surface area contributed by atoms with E-state index < -0.39 is 0 Å². The fourth-order valence-corrected chi connectivity index (χ4v) is 2.55. The highest BCUT2D eigenvalue weighted by Gasteiger charge is 2.16. The molecule has 0 bridgehead atoms. The molecule has 1 saturated heterocycles. The first-order chi connectivity index (χ1) is 9.31. The van der Waals surface area contributed by atoms with Gasteiger partial charge in [0.05, 0.1) is 5.69 Å². The Balaban J connectivity index is 1.70. The number of hydrogen-bond acceptors (Lipinski definition) is 3. The Morgan fingerprint density at radius 2 is 2.05 bits per heavy atom. The maximum absolute atomic E-state index is 4.27. The van der Waals surface area contributed by atoms with Crippen LogP contribution in [0.1, 0.15) is 12.8 Å². The summed E-state index contributed by atoms with van der Waals surface area (Å²) in [6.45, 7) is 2.35. The van der Waals surface area contributed by atoms with E-state index in [0.717, 1.165) is 5.69 Å². The standard InChI is InChI=1S/C15H20N4/c1-18-10-6-13(7-11-18)17-14-4-2-5-15(12-14)19-9-3-8-16-19/h2-5,8-9,12-13,17H,6-7,10-11H2,1H3. The summed E-state index contributed by atoms with van der Waals surface area (Å²) < 4.78 is 1.89. The third-order valence-corrected chi connectivity index (χ3v) is 3.70. The number of aromatic nitrogens is 2. The average Bonchev–Trinajstić information content (AvgIpc) is 2.96. The van der Waals surface area contributed by atoms with Crippen molar-refractivity contribution in [1.82, 2.24) is 14.7 Å². The molecule has 19 heavy (non-hydrogen) atoms. The third kappa shape index (κ3) is 2.96. The molecule has 2 heterocycles. The summed E-state index contributed by atoms with van der Waals surface area (Å²) in [4.78, 5) is 2.39. The first-order valence-electron chi connectivity index (χ1n) is 6.86. The van der Waals surface area contributed by atoms with E-state index in [4.69, 9.17) is 0 Å². The fraction of sp³-hybridized carbons (Fsp3) is 0.400. The van der Waals surface area contributed by atoms with E-state index in [0.29, 0.717) is 6.04 Å². The number of nitrogens with zero attached hydrogens (tertiary/aromatic N) is 3. The normalized spacial score (nSPS) is 17.5.